The van der Waals surface area contributed by atoms with Crippen LogP contribution in [0, 0.1) is 17.8 Å². The van der Waals surface area contributed by atoms with E-state index in [1.165, 1.54) is 56.3 Å². The van der Waals surface area contributed by atoms with E-state index in [0.717, 1.165) is 35.7 Å². The van der Waals surface area contributed by atoms with Crippen LogP contribution in [0.3, 0.4) is 0 Å². The Labute approximate surface area is 160 Å². The lowest BCUT2D eigenvalue weighted by Crippen LogP contribution is -2.45. The molecular weight excluding hydrogens is 322 g/mol. The Balaban J connectivity index is 1.77. The van der Waals surface area contributed by atoms with E-state index in [2.05, 4.69) is 37.8 Å². The summed E-state index contributed by atoms with van der Waals surface area (Å²) in [5, 5.41) is 0. The molecule has 2 heterocycles. The van der Waals surface area contributed by atoms with E-state index >= 15 is 0 Å². The fourth-order valence-electron chi connectivity index (χ4n) is 5.12. The highest BCUT2D eigenvalue weighted by atomic mass is 16.5. The second-order valence-corrected chi connectivity index (χ2v) is 8.66. The predicted molar refractivity (Wildman–Crippen MR) is 108 cm³/mol. The maximum atomic E-state index is 5.59. The summed E-state index contributed by atoms with van der Waals surface area (Å²) in [6.07, 6.45) is 7.89. The van der Waals surface area contributed by atoms with Crippen molar-refractivity contribution in [3.63, 3.8) is 0 Å². The molecule has 0 saturated carbocycles. The van der Waals surface area contributed by atoms with Crippen LogP contribution in [-0.2, 0) is 6.42 Å². The van der Waals surface area contributed by atoms with Gasteiger partial charge in [-0.1, -0.05) is 40.0 Å². The molecule has 1 aromatic rings. The molecule has 2 aliphatic rings. The van der Waals surface area contributed by atoms with Crippen LogP contribution in [0.25, 0.3) is 0 Å². The van der Waals surface area contributed by atoms with Gasteiger partial charge in [0.1, 0.15) is 0 Å². The van der Waals surface area contributed by atoms with Gasteiger partial charge in [-0.3, -0.25) is 4.90 Å². The summed E-state index contributed by atoms with van der Waals surface area (Å²) in [6.45, 7) is 9.53. The predicted octanol–water partition coefficient (Wildman–Crippen LogP) is 5.48. The van der Waals surface area contributed by atoms with Gasteiger partial charge in [0.15, 0.2) is 11.5 Å². The molecule has 3 nitrogen and oxygen atoms in total. The minimum Gasteiger partial charge on any atom is -0.493 e. The normalized spacial score (nSPS) is 25.7. The van der Waals surface area contributed by atoms with Crippen molar-refractivity contribution in [2.24, 2.45) is 17.8 Å². The molecule has 3 rings (SSSR count). The van der Waals surface area contributed by atoms with Crippen LogP contribution in [0.4, 0.5) is 0 Å². The van der Waals surface area contributed by atoms with Gasteiger partial charge in [0.2, 0.25) is 0 Å². The molecule has 1 aromatic carbocycles. The number of rotatable bonds is 7. The molecule has 3 heteroatoms. The monoisotopic (exact) mass is 359 g/mol. The Bertz CT molecular complexity index is 598. The number of ether oxygens (including phenoxy) is 2. The Hall–Kier alpha value is -1.22. The Morgan fingerprint density at radius 3 is 2.50 bits per heavy atom. The first-order valence-corrected chi connectivity index (χ1v) is 10.6. The van der Waals surface area contributed by atoms with E-state index < -0.39 is 0 Å². The zero-order valence-electron chi connectivity index (χ0n) is 17.4. The summed E-state index contributed by atoms with van der Waals surface area (Å²) in [7, 11) is 3.47. The minimum atomic E-state index is 0.560. The number of benzene rings is 1. The lowest BCUT2D eigenvalue weighted by molar-refractivity contribution is 0.0467. The smallest absolute Gasteiger partial charge is 0.161 e. The Kier molecular flexibility index (Phi) is 6.50. The number of hydrogen-bond acceptors (Lipinski definition) is 3. The molecule has 146 valence electrons. The zero-order valence-corrected chi connectivity index (χ0v) is 17.4. The molecule has 3 atom stereocenters. The van der Waals surface area contributed by atoms with Crippen LogP contribution in [0.15, 0.2) is 12.1 Å². The number of fused-ring (bicyclic) bond motifs is 3. The summed E-state index contributed by atoms with van der Waals surface area (Å²) in [5.41, 5.74) is 2.94. The van der Waals surface area contributed by atoms with Crippen LogP contribution in [0.5, 0.6) is 11.5 Å². The minimum absolute atomic E-state index is 0.560. The molecule has 0 aliphatic carbocycles. The van der Waals surface area contributed by atoms with Crippen LogP contribution in [0.2, 0.25) is 0 Å². The molecule has 2 aliphatic heterocycles. The average Bonchev–Trinajstić information content (AvgIpc) is 2.65. The lowest BCUT2D eigenvalue weighted by atomic mass is 9.74. The molecule has 0 amide bonds. The van der Waals surface area contributed by atoms with E-state index in [1.807, 2.05) is 0 Å². The van der Waals surface area contributed by atoms with Crippen molar-refractivity contribution in [3.05, 3.63) is 23.3 Å². The van der Waals surface area contributed by atoms with Crippen molar-refractivity contribution >= 4 is 0 Å². The van der Waals surface area contributed by atoms with Crippen LogP contribution >= 0.6 is 0 Å². The highest BCUT2D eigenvalue weighted by Crippen LogP contribution is 2.46. The van der Waals surface area contributed by atoms with Gasteiger partial charge < -0.3 is 9.47 Å². The van der Waals surface area contributed by atoms with Crippen molar-refractivity contribution in [1.82, 2.24) is 4.90 Å². The van der Waals surface area contributed by atoms with Crippen molar-refractivity contribution in [2.75, 3.05) is 27.3 Å². The van der Waals surface area contributed by atoms with E-state index in [9.17, 15) is 0 Å². The molecule has 0 N–H and O–H groups in total. The number of nitrogens with zero attached hydrogens (tertiary/aromatic N) is 1. The van der Waals surface area contributed by atoms with Gasteiger partial charge in [-0.25, -0.2) is 0 Å². The van der Waals surface area contributed by atoms with Crippen molar-refractivity contribution in [1.29, 1.82) is 0 Å². The Morgan fingerprint density at radius 2 is 1.85 bits per heavy atom. The van der Waals surface area contributed by atoms with Crippen molar-refractivity contribution in [2.45, 2.75) is 65.3 Å². The van der Waals surface area contributed by atoms with Crippen LogP contribution in [-0.4, -0.2) is 32.2 Å². The molecule has 0 bridgehead atoms. The fourth-order valence-corrected chi connectivity index (χ4v) is 5.12. The van der Waals surface area contributed by atoms with Crippen molar-refractivity contribution < 1.29 is 9.47 Å². The molecule has 1 fully saturated rings. The van der Waals surface area contributed by atoms with E-state index in [1.54, 1.807) is 14.2 Å². The number of piperidine rings is 1. The van der Waals surface area contributed by atoms with E-state index in [4.69, 9.17) is 9.47 Å². The third kappa shape index (κ3) is 4.03. The van der Waals surface area contributed by atoms with Crippen LogP contribution < -0.4 is 9.47 Å². The topological polar surface area (TPSA) is 21.7 Å². The van der Waals surface area contributed by atoms with Crippen LogP contribution in [0.1, 0.15) is 70.0 Å². The summed E-state index contributed by atoms with van der Waals surface area (Å²) in [5.74, 6) is 4.30. The van der Waals surface area contributed by atoms with E-state index in [-0.39, 0.29) is 0 Å². The zero-order chi connectivity index (χ0) is 18.7. The second kappa shape index (κ2) is 8.65. The molecule has 26 heavy (non-hydrogen) atoms. The summed E-state index contributed by atoms with van der Waals surface area (Å²) in [4.78, 5) is 2.75. The number of hydrogen-bond donors (Lipinski definition) is 0. The molecular formula is C23H37NO2. The largest absolute Gasteiger partial charge is 0.493 e. The van der Waals surface area contributed by atoms with Crippen molar-refractivity contribution in [3.8, 4) is 11.5 Å². The third-order valence-electron chi connectivity index (χ3n) is 6.66. The average molecular weight is 360 g/mol. The van der Waals surface area contributed by atoms with E-state index in [0.29, 0.717) is 6.04 Å². The van der Waals surface area contributed by atoms with Gasteiger partial charge in [-0.2, -0.15) is 0 Å². The van der Waals surface area contributed by atoms with Gasteiger partial charge >= 0.3 is 0 Å². The van der Waals surface area contributed by atoms with Gasteiger partial charge in [0, 0.05) is 19.1 Å². The van der Waals surface area contributed by atoms with Gasteiger partial charge in [-0.05, 0) is 60.3 Å². The lowest BCUT2D eigenvalue weighted by Gasteiger charge is -2.47. The maximum absolute atomic E-state index is 5.59. The number of methoxy groups -OCH3 is 2. The first kappa shape index (κ1) is 19.5. The molecule has 0 spiro atoms. The standard InChI is InChI=1S/C23H37NO2/c1-6-17-12-21-20-14-23(26-5)22(25-4)13-18(20)10-11-24(21)15-19(17)9-7-8-16(2)3/h13-14,16-17,19,21H,6-12,15H2,1-5H3. The first-order chi connectivity index (χ1) is 12.6. The molecule has 3 unspecified atom stereocenters. The van der Waals surface area contributed by atoms with Gasteiger partial charge in [0.05, 0.1) is 14.2 Å². The summed E-state index contributed by atoms with van der Waals surface area (Å²) < 4.78 is 11.1. The highest BCUT2D eigenvalue weighted by Gasteiger charge is 2.38. The summed E-state index contributed by atoms with van der Waals surface area (Å²) in [6, 6.07) is 5.02. The molecule has 0 radical (unpaired) electrons. The first-order valence-electron chi connectivity index (χ1n) is 10.6. The Morgan fingerprint density at radius 1 is 1.12 bits per heavy atom. The highest BCUT2D eigenvalue weighted by molar-refractivity contribution is 5.49. The molecule has 0 aromatic heterocycles. The summed E-state index contributed by atoms with van der Waals surface area (Å²) >= 11 is 0. The fraction of sp³-hybridized carbons (Fsp3) is 0.739. The van der Waals surface area contributed by atoms with Gasteiger partial charge in [0.25, 0.3) is 0 Å². The third-order valence-corrected chi connectivity index (χ3v) is 6.66. The quantitative estimate of drug-likeness (QED) is 0.644. The second-order valence-electron chi connectivity index (χ2n) is 8.66. The maximum Gasteiger partial charge on any atom is 0.161 e. The molecule has 1 saturated heterocycles. The van der Waals surface area contributed by atoms with Gasteiger partial charge in [-0.15, -0.1) is 0 Å². The SMILES string of the molecule is CCC1CC2c3cc(OC)c(OC)cc3CCN2CC1CCCC(C)C.